The van der Waals surface area contributed by atoms with Gasteiger partial charge < -0.3 is 15.2 Å². The van der Waals surface area contributed by atoms with Gasteiger partial charge in [-0.15, -0.1) is 0 Å². The van der Waals surface area contributed by atoms with E-state index in [9.17, 15) is 0 Å². The lowest BCUT2D eigenvalue weighted by molar-refractivity contribution is -0.0118. The molecule has 0 saturated carbocycles. The Morgan fingerprint density at radius 3 is 2.78 bits per heavy atom. The van der Waals surface area contributed by atoms with Crippen LogP contribution in [0.3, 0.4) is 0 Å². The first-order valence-electron chi connectivity index (χ1n) is 3.27. The van der Waals surface area contributed by atoms with Gasteiger partial charge in [0.25, 0.3) is 0 Å². The lowest BCUT2D eigenvalue weighted by Gasteiger charge is -2.29. The smallest absolute Gasteiger partial charge is 0.0643 e. The Bertz CT molecular complexity index is 80.4. The molecular formula is C6H13NO2. The van der Waals surface area contributed by atoms with Gasteiger partial charge in [0.2, 0.25) is 0 Å². The molecule has 0 aromatic rings. The average Bonchev–Trinajstić information content (AvgIpc) is 1.78. The third kappa shape index (κ3) is 1.93. The second-order valence-corrected chi connectivity index (χ2v) is 2.48. The quantitative estimate of drug-likeness (QED) is 0.535. The molecule has 1 saturated heterocycles. The molecule has 1 atom stereocenters. The van der Waals surface area contributed by atoms with Crippen LogP contribution in [-0.2, 0) is 4.74 Å². The molecule has 1 rings (SSSR count). The van der Waals surface area contributed by atoms with Crippen LogP contribution < -0.4 is 5.32 Å². The van der Waals surface area contributed by atoms with Crippen molar-refractivity contribution in [2.75, 3.05) is 19.8 Å². The summed E-state index contributed by atoms with van der Waals surface area (Å²) < 4.78 is 4.94. The number of hydrogen-bond donors (Lipinski definition) is 2. The summed E-state index contributed by atoms with van der Waals surface area (Å²) in [5, 5.41) is 11.8. The van der Waals surface area contributed by atoms with Gasteiger partial charge in [-0.1, -0.05) is 0 Å². The molecule has 0 aromatic carbocycles. The van der Waals surface area contributed by atoms with Gasteiger partial charge in [0.05, 0.1) is 25.9 Å². The van der Waals surface area contributed by atoms with Crippen molar-refractivity contribution in [3.63, 3.8) is 0 Å². The molecule has 1 aliphatic heterocycles. The molecule has 1 heterocycles. The van der Waals surface area contributed by atoms with Gasteiger partial charge in [-0.2, -0.15) is 0 Å². The van der Waals surface area contributed by atoms with E-state index in [-0.39, 0.29) is 12.6 Å². The molecular weight excluding hydrogens is 118 g/mol. The Kier molecular flexibility index (Phi) is 2.45. The van der Waals surface area contributed by atoms with Gasteiger partial charge in [0.15, 0.2) is 0 Å². The van der Waals surface area contributed by atoms with E-state index in [1.165, 1.54) is 0 Å². The first kappa shape index (κ1) is 6.99. The highest BCUT2D eigenvalue weighted by atomic mass is 16.5. The minimum atomic E-state index is 0.205. The van der Waals surface area contributed by atoms with Crippen molar-refractivity contribution in [2.24, 2.45) is 0 Å². The summed E-state index contributed by atoms with van der Waals surface area (Å²) in [5.41, 5.74) is 0. The highest BCUT2D eigenvalue weighted by molar-refractivity contribution is 4.75. The summed E-state index contributed by atoms with van der Waals surface area (Å²) in [4.78, 5) is 0. The Morgan fingerprint density at radius 2 is 2.44 bits per heavy atom. The van der Waals surface area contributed by atoms with E-state index >= 15 is 0 Å². The second kappa shape index (κ2) is 3.15. The van der Waals surface area contributed by atoms with Crippen LogP contribution in [0.1, 0.15) is 6.92 Å². The molecule has 0 bridgehead atoms. The highest BCUT2D eigenvalue weighted by Gasteiger charge is 2.18. The minimum absolute atomic E-state index is 0.205. The molecule has 0 radical (unpaired) electrons. The summed E-state index contributed by atoms with van der Waals surface area (Å²) in [5.74, 6) is 0. The molecule has 3 heteroatoms. The molecule has 54 valence electrons. The normalized spacial score (nSPS) is 23.3. The van der Waals surface area contributed by atoms with Gasteiger partial charge in [0.1, 0.15) is 0 Å². The summed E-state index contributed by atoms with van der Waals surface area (Å²) in [7, 11) is 0. The predicted molar refractivity (Wildman–Crippen MR) is 34.3 cm³/mol. The molecule has 1 aliphatic rings. The van der Waals surface area contributed by atoms with E-state index in [4.69, 9.17) is 9.84 Å². The summed E-state index contributed by atoms with van der Waals surface area (Å²) in [6, 6.07) is 0.686. The fraction of sp³-hybridized carbons (Fsp3) is 1.00. The third-order valence-electron chi connectivity index (χ3n) is 1.43. The van der Waals surface area contributed by atoms with Crippen molar-refractivity contribution in [2.45, 2.75) is 19.0 Å². The standard InChI is InChI=1S/C6H13NO2/c1-5(2-8)7-6-3-9-4-6/h5-8H,2-4H2,1H3/t5-/m1/s1. The van der Waals surface area contributed by atoms with Crippen LogP contribution in [-0.4, -0.2) is 37.0 Å². The summed E-state index contributed by atoms with van der Waals surface area (Å²) >= 11 is 0. The molecule has 9 heavy (non-hydrogen) atoms. The number of hydrogen-bond acceptors (Lipinski definition) is 3. The van der Waals surface area contributed by atoms with E-state index in [1.807, 2.05) is 6.92 Å². The van der Waals surface area contributed by atoms with Crippen molar-refractivity contribution >= 4 is 0 Å². The molecule has 1 fully saturated rings. The van der Waals surface area contributed by atoms with Crippen molar-refractivity contribution in [1.82, 2.24) is 5.32 Å². The van der Waals surface area contributed by atoms with E-state index in [1.54, 1.807) is 0 Å². The van der Waals surface area contributed by atoms with Crippen LogP contribution in [0.5, 0.6) is 0 Å². The van der Waals surface area contributed by atoms with Gasteiger partial charge in [-0.05, 0) is 6.92 Å². The van der Waals surface area contributed by atoms with E-state index < -0.39 is 0 Å². The zero-order valence-electron chi connectivity index (χ0n) is 5.63. The summed E-state index contributed by atoms with van der Waals surface area (Å²) in [6.45, 7) is 3.75. The molecule has 2 N–H and O–H groups in total. The van der Waals surface area contributed by atoms with Crippen LogP contribution >= 0.6 is 0 Å². The molecule has 0 unspecified atom stereocenters. The molecule has 0 aromatic heterocycles. The number of aliphatic hydroxyl groups is 1. The lowest BCUT2D eigenvalue weighted by atomic mass is 10.2. The maximum Gasteiger partial charge on any atom is 0.0643 e. The Hall–Kier alpha value is -0.120. The molecule has 0 amide bonds. The molecule has 3 nitrogen and oxygen atoms in total. The zero-order chi connectivity index (χ0) is 6.69. The maximum atomic E-state index is 8.60. The van der Waals surface area contributed by atoms with Crippen molar-refractivity contribution in [1.29, 1.82) is 0 Å². The maximum absolute atomic E-state index is 8.60. The molecule has 0 aliphatic carbocycles. The zero-order valence-corrected chi connectivity index (χ0v) is 5.63. The largest absolute Gasteiger partial charge is 0.395 e. The highest BCUT2D eigenvalue weighted by Crippen LogP contribution is 2.00. The summed E-state index contributed by atoms with van der Waals surface area (Å²) in [6.07, 6.45) is 0. The van der Waals surface area contributed by atoms with Crippen LogP contribution in [0.2, 0.25) is 0 Å². The Balaban J connectivity index is 2.01. The topological polar surface area (TPSA) is 41.5 Å². The second-order valence-electron chi connectivity index (χ2n) is 2.48. The van der Waals surface area contributed by atoms with E-state index in [2.05, 4.69) is 5.32 Å². The van der Waals surface area contributed by atoms with Crippen molar-refractivity contribution in [3.05, 3.63) is 0 Å². The average molecular weight is 131 g/mol. The van der Waals surface area contributed by atoms with Crippen molar-refractivity contribution in [3.8, 4) is 0 Å². The SMILES string of the molecule is C[C@H](CO)NC1COC1. The number of ether oxygens (including phenoxy) is 1. The fourth-order valence-electron chi connectivity index (χ4n) is 0.787. The van der Waals surface area contributed by atoms with Crippen molar-refractivity contribution < 1.29 is 9.84 Å². The van der Waals surface area contributed by atoms with Gasteiger partial charge >= 0.3 is 0 Å². The minimum Gasteiger partial charge on any atom is -0.395 e. The number of rotatable bonds is 3. The van der Waals surface area contributed by atoms with Crippen LogP contribution in [0, 0.1) is 0 Å². The Labute approximate surface area is 55.0 Å². The number of nitrogens with one attached hydrogen (secondary N) is 1. The lowest BCUT2D eigenvalue weighted by Crippen LogP contribution is -2.50. The van der Waals surface area contributed by atoms with E-state index in [0.717, 1.165) is 13.2 Å². The Morgan fingerprint density at radius 1 is 1.78 bits per heavy atom. The van der Waals surface area contributed by atoms with Crippen LogP contribution in [0.15, 0.2) is 0 Å². The van der Waals surface area contributed by atoms with Gasteiger partial charge in [-0.25, -0.2) is 0 Å². The number of aliphatic hydroxyl groups excluding tert-OH is 1. The van der Waals surface area contributed by atoms with Crippen LogP contribution in [0.4, 0.5) is 0 Å². The van der Waals surface area contributed by atoms with E-state index in [0.29, 0.717) is 6.04 Å². The van der Waals surface area contributed by atoms with Gasteiger partial charge in [0, 0.05) is 6.04 Å². The third-order valence-corrected chi connectivity index (χ3v) is 1.43. The fourth-order valence-corrected chi connectivity index (χ4v) is 0.787. The first-order valence-corrected chi connectivity index (χ1v) is 3.27. The van der Waals surface area contributed by atoms with Crippen LogP contribution in [0.25, 0.3) is 0 Å². The molecule has 0 spiro atoms. The predicted octanol–water partition coefficient (Wildman–Crippen LogP) is -0.644. The van der Waals surface area contributed by atoms with Gasteiger partial charge in [-0.3, -0.25) is 0 Å². The monoisotopic (exact) mass is 131 g/mol. The first-order chi connectivity index (χ1) is 4.33.